The van der Waals surface area contributed by atoms with E-state index in [0.717, 1.165) is 42.4 Å². The Morgan fingerprint density at radius 3 is 1.50 bits per heavy atom. The van der Waals surface area contributed by atoms with Crippen LogP contribution in [-0.4, -0.2) is 15.0 Å². The molecule has 0 saturated carbocycles. The summed E-state index contributed by atoms with van der Waals surface area (Å²) in [6, 6.07) is 53.9. The summed E-state index contributed by atoms with van der Waals surface area (Å²) in [7, 11) is 0. The molecule has 5 aliphatic rings. The molecule has 3 nitrogen and oxygen atoms in total. The van der Waals surface area contributed by atoms with Crippen LogP contribution < -0.4 is 0 Å². The first-order valence-electron chi connectivity index (χ1n) is 20.5. The van der Waals surface area contributed by atoms with Crippen LogP contribution in [0.1, 0.15) is 64.9 Å². The normalized spacial score (nSPS) is 18.9. The summed E-state index contributed by atoms with van der Waals surface area (Å²) in [4.78, 5) is 15.6. The van der Waals surface area contributed by atoms with Gasteiger partial charge < -0.3 is 0 Å². The van der Waals surface area contributed by atoms with E-state index in [1.807, 2.05) is 18.2 Å². The third-order valence-electron chi connectivity index (χ3n) is 13.2. The number of aromatic nitrogens is 3. The summed E-state index contributed by atoms with van der Waals surface area (Å²) in [5, 5.41) is 0. The van der Waals surface area contributed by atoms with Crippen LogP contribution in [0, 0.1) is 0 Å². The van der Waals surface area contributed by atoms with Crippen LogP contribution in [0.25, 0.3) is 50.6 Å². The zero-order valence-corrected chi connectivity index (χ0v) is 32.1. The molecule has 7 aromatic rings. The lowest BCUT2D eigenvalue weighted by Gasteiger charge is -2.51. The summed E-state index contributed by atoms with van der Waals surface area (Å²) in [6.07, 6.45) is 15.3. The van der Waals surface area contributed by atoms with E-state index in [-0.39, 0.29) is 0 Å². The molecule has 0 radical (unpaired) electrons. The first-order chi connectivity index (χ1) is 28.7. The molecule has 0 bridgehead atoms. The number of hydrogen-bond acceptors (Lipinski definition) is 3. The molecule has 5 aliphatic carbocycles. The molecule has 0 amide bonds. The van der Waals surface area contributed by atoms with Gasteiger partial charge in [0, 0.05) is 16.7 Å². The number of rotatable bonds is 3. The lowest BCUT2D eigenvalue weighted by atomic mass is 9.49. The van der Waals surface area contributed by atoms with Crippen molar-refractivity contribution in [2.45, 2.75) is 36.5 Å². The minimum absolute atomic E-state index is 0.435. The Kier molecular flexibility index (Phi) is 7.16. The van der Waals surface area contributed by atoms with Crippen molar-refractivity contribution in [3.05, 3.63) is 238 Å². The average Bonchev–Trinajstić information content (AvgIpc) is 3.63. The Bertz CT molecular complexity index is 2990. The van der Waals surface area contributed by atoms with Crippen molar-refractivity contribution in [2.24, 2.45) is 0 Å². The average molecular weight is 742 g/mol. The van der Waals surface area contributed by atoms with Crippen molar-refractivity contribution >= 4 is 5.57 Å². The van der Waals surface area contributed by atoms with Crippen LogP contribution in [0.15, 0.2) is 199 Å². The van der Waals surface area contributed by atoms with Crippen molar-refractivity contribution < 1.29 is 0 Å². The molecule has 0 N–H and O–H groups in total. The van der Waals surface area contributed by atoms with Gasteiger partial charge in [-0.05, 0) is 98.5 Å². The maximum atomic E-state index is 5.26. The number of benzene rings is 6. The molecule has 0 aliphatic heterocycles. The maximum absolute atomic E-state index is 5.26. The Morgan fingerprint density at radius 1 is 0.414 bits per heavy atom. The summed E-state index contributed by atoms with van der Waals surface area (Å²) in [5.74, 6) is 2.01. The fraction of sp³-hybridized carbons (Fsp3) is 0.109. The zero-order valence-electron chi connectivity index (χ0n) is 32.1. The van der Waals surface area contributed by atoms with Crippen molar-refractivity contribution in [1.82, 2.24) is 15.0 Å². The highest BCUT2D eigenvalue weighted by atomic mass is 15.0. The molecule has 1 atom stereocenters. The molecular formula is C55H39N3. The summed E-state index contributed by atoms with van der Waals surface area (Å²) in [5.41, 5.74) is 19.2. The highest BCUT2D eigenvalue weighted by Crippen LogP contribution is 2.69. The summed E-state index contributed by atoms with van der Waals surface area (Å²) >= 11 is 0. The van der Waals surface area contributed by atoms with Gasteiger partial charge in [-0.15, -0.1) is 0 Å². The Balaban J connectivity index is 1.15. The predicted octanol–water partition coefficient (Wildman–Crippen LogP) is 12.8. The molecule has 1 aromatic heterocycles. The molecule has 3 heteroatoms. The fourth-order valence-electron chi connectivity index (χ4n) is 10.9. The standard InChI is InChI=1S/C55H39N3/c1-35-16-15-19-37(31-30-35)52-56-51(36-17-3-2-4-18-36)57-53(58-52)38-32-33-42-41-22-7-10-25-45(41)55(50(42)34-38)48-28-13-11-26-46(48)54(47-27-12-14-29-49(47)55)43-23-8-5-20-39(43)40-21-6-9-24-44(40)54/h2-11,13,15,17-29,31-34H,1,12,14,16,30H2. The number of allylic oxidation sites excluding steroid dienone is 9. The lowest BCUT2D eigenvalue weighted by molar-refractivity contribution is 0.604. The monoisotopic (exact) mass is 741 g/mol. The second kappa shape index (κ2) is 12.5. The largest absolute Gasteiger partial charge is 0.208 e. The van der Waals surface area contributed by atoms with E-state index in [1.54, 1.807) is 0 Å². The Labute approximate surface area is 339 Å². The van der Waals surface area contributed by atoms with Crippen molar-refractivity contribution in [3.63, 3.8) is 0 Å². The van der Waals surface area contributed by atoms with E-state index in [2.05, 4.69) is 164 Å². The van der Waals surface area contributed by atoms with Crippen molar-refractivity contribution in [2.75, 3.05) is 0 Å². The van der Waals surface area contributed by atoms with E-state index < -0.39 is 10.8 Å². The minimum atomic E-state index is -0.548. The molecule has 0 fully saturated rings. The van der Waals surface area contributed by atoms with E-state index >= 15 is 0 Å². The quantitative estimate of drug-likeness (QED) is 0.169. The minimum Gasteiger partial charge on any atom is -0.208 e. The third kappa shape index (κ3) is 4.42. The van der Waals surface area contributed by atoms with Gasteiger partial charge in [0.25, 0.3) is 0 Å². The molecule has 58 heavy (non-hydrogen) atoms. The van der Waals surface area contributed by atoms with Gasteiger partial charge in [-0.25, -0.2) is 15.0 Å². The molecule has 1 heterocycles. The molecule has 0 saturated heterocycles. The molecule has 6 aromatic carbocycles. The third-order valence-corrected chi connectivity index (χ3v) is 13.2. The van der Waals surface area contributed by atoms with Gasteiger partial charge in [-0.3, -0.25) is 0 Å². The summed E-state index contributed by atoms with van der Waals surface area (Å²) in [6.45, 7) is 4.26. The number of nitrogens with zero attached hydrogens (tertiary/aromatic N) is 3. The molecule has 1 unspecified atom stereocenters. The smallest absolute Gasteiger partial charge is 0.164 e. The maximum Gasteiger partial charge on any atom is 0.164 e. The second-order valence-electron chi connectivity index (χ2n) is 16.1. The zero-order chi connectivity index (χ0) is 38.4. The van der Waals surface area contributed by atoms with Crippen molar-refractivity contribution in [1.29, 1.82) is 0 Å². The van der Waals surface area contributed by atoms with Crippen LogP contribution in [0.5, 0.6) is 0 Å². The topological polar surface area (TPSA) is 38.7 Å². The Hall–Kier alpha value is -6.97. The van der Waals surface area contributed by atoms with Crippen LogP contribution >= 0.6 is 0 Å². The number of hydrogen-bond donors (Lipinski definition) is 0. The van der Waals surface area contributed by atoms with Gasteiger partial charge in [-0.1, -0.05) is 182 Å². The van der Waals surface area contributed by atoms with Gasteiger partial charge in [0.1, 0.15) is 0 Å². The van der Waals surface area contributed by atoms with Crippen LogP contribution in [0.2, 0.25) is 0 Å². The molecule has 274 valence electrons. The first kappa shape index (κ1) is 33.2. The highest BCUT2D eigenvalue weighted by molar-refractivity contribution is 5.95. The van der Waals surface area contributed by atoms with Gasteiger partial charge in [0.05, 0.1) is 10.8 Å². The fourth-order valence-corrected chi connectivity index (χ4v) is 10.9. The predicted molar refractivity (Wildman–Crippen MR) is 235 cm³/mol. The SMILES string of the molecule is C=C1CC=CC(c2nc(-c3ccccc3)nc(-c3ccc4c(c3)C3(C5=CCCC=C5C5(c6ccccc6-c6ccccc65)c5ccccc53)c3ccccc3-4)n2)=CC1. The highest BCUT2D eigenvalue weighted by Gasteiger charge is 2.60. The van der Waals surface area contributed by atoms with Gasteiger partial charge >= 0.3 is 0 Å². The molecule has 12 rings (SSSR count). The van der Waals surface area contributed by atoms with Gasteiger partial charge in [-0.2, -0.15) is 0 Å². The van der Waals surface area contributed by atoms with E-state index in [4.69, 9.17) is 15.0 Å². The second-order valence-corrected chi connectivity index (χ2v) is 16.1. The number of fused-ring (bicyclic) bond motifs is 16. The van der Waals surface area contributed by atoms with Crippen LogP contribution in [0.3, 0.4) is 0 Å². The van der Waals surface area contributed by atoms with Crippen molar-refractivity contribution in [3.8, 4) is 45.0 Å². The molecular weight excluding hydrogens is 703 g/mol. The lowest BCUT2D eigenvalue weighted by Crippen LogP contribution is -2.46. The van der Waals surface area contributed by atoms with E-state index in [1.165, 1.54) is 72.4 Å². The Morgan fingerprint density at radius 2 is 0.897 bits per heavy atom. The van der Waals surface area contributed by atoms with E-state index in [9.17, 15) is 0 Å². The van der Waals surface area contributed by atoms with Crippen LogP contribution in [0.4, 0.5) is 0 Å². The summed E-state index contributed by atoms with van der Waals surface area (Å²) < 4.78 is 0. The van der Waals surface area contributed by atoms with Gasteiger partial charge in [0.15, 0.2) is 17.5 Å². The van der Waals surface area contributed by atoms with E-state index in [0.29, 0.717) is 17.5 Å². The molecule has 2 spiro atoms. The van der Waals surface area contributed by atoms with Gasteiger partial charge in [0.2, 0.25) is 0 Å². The first-order valence-corrected chi connectivity index (χ1v) is 20.5. The van der Waals surface area contributed by atoms with Crippen LogP contribution in [-0.2, 0) is 10.8 Å².